The van der Waals surface area contributed by atoms with Crippen molar-refractivity contribution in [2.75, 3.05) is 13.1 Å². The lowest BCUT2D eigenvalue weighted by Gasteiger charge is -2.25. The van der Waals surface area contributed by atoms with Gasteiger partial charge < -0.3 is 10.0 Å². The van der Waals surface area contributed by atoms with Crippen molar-refractivity contribution in [3.05, 3.63) is 34.1 Å². The Hall–Kier alpha value is -1.10. The summed E-state index contributed by atoms with van der Waals surface area (Å²) in [6.45, 7) is 3.11. The second-order valence-electron chi connectivity index (χ2n) is 5.42. The lowest BCUT2D eigenvalue weighted by Crippen LogP contribution is -2.34. The summed E-state index contributed by atoms with van der Waals surface area (Å²) in [6.07, 6.45) is -0.0182. The molecule has 0 spiro atoms. The third-order valence-electron chi connectivity index (χ3n) is 4.82. The van der Waals surface area contributed by atoms with E-state index in [2.05, 4.69) is 22.9 Å². The summed E-state index contributed by atoms with van der Waals surface area (Å²) in [6, 6.07) is 5.03. The predicted molar refractivity (Wildman–Crippen MR) is 72.6 cm³/mol. The molecule has 102 valence electrons. The van der Waals surface area contributed by atoms with Crippen molar-refractivity contribution < 1.29 is 14.3 Å². The molecule has 3 nitrogen and oxygen atoms in total. The minimum Gasteiger partial charge on any atom is -0.465 e. The summed E-state index contributed by atoms with van der Waals surface area (Å²) >= 11 is 3.39. The lowest BCUT2D eigenvalue weighted by molar-refractivity contribution is 0.146. The van der Waals surface area contributed by atoms with E-state index in [4.69, 9.17) is 5.11 Å². The van der Waals surface area contributed by atoms with Crippen molar-refractivity contribution in [3.63, 3.8) is 0 Å². The van der Waals surface area contributed by atoms with Crippen molar-refractivity contribution >= 4 is 22.0 Å². The third kappa shape index (κ3) is 1.71. The van der Waals surface area contributed by atoms with Gasteiger partial charge in [-0.3, -0.25) is 0 Å². The van der Waals surface area contributed by atoms with Crippen LogP contribution in [0.5, 0.6) is 0 Å². The van der Waals surface area contributed by atoms with Crippen LogP contribution in [-0.4, -0.2) is 29.2 Å². The van der Waals surface area contributed by atoms with Crippen molar-refractivity contribution in [2.45, 2.75) is 18.8 Å². The summed E-state index contributed by atoms with van der Waals surface area (Å²) in [5, 5.41) is 9.01. The second-order valence-corrected chi connectivity index (χ2v) is 6.33. The van der Waals surface area contributed by atoms with Gasteiger partial charge in [0.05, 0.1) is 0 Å². The maximum Gasteiger partial charge on any atom is 0.407 e. The van der Waals surface area contributed by atoms with Crippen molar-refractivity contribution in [1.82, 2.24) is 4.90 Å². The molecule has 1 aromatic carbocycles. The topological polar surface area (TPSA) is 40.5 Å². The van der Waals surface area contributed by atoms with Crippen molar-refractivity contribution in [3.8, 4) is 0 Å². The minimum atomic E-state index is -0.869. The molecule has 1 aromatic rings. The van der Waals surface area contributed by atoms with Crippen LogP contribution in [0.25, 0.3) is 0 Å². The highest BCUT2D eigenvalue weighted by molar-refractivity contribution is 9.10. The maximum atomic E-state index is 14.1. The smallest absolute Gasteiger partial charge is 0.407 e. The summed E-state index contributed by atoms with van der Waals surface area (Å²) < 4.78 is 15.0. The predicted octanol–water partition coefficient (Wildman–Crippen LogP) is 3.48. The van der Waals surface area contributed by atoms with Crippen LogP contribution < -0.4 is 0 Å². The quantitative estimate of drug-likeness (QED) is 0.903. The standard InChI is InChI=1S/C14H15BrFNO2/c1-2-14(9-5-8(15)3-4-12(9)16)10-6-17(13(18)19)7-11(10)14/h3-5,10-11H,2,6-7H2,1H3,(H,18,19). The molecule has 2 aliphatic rings. The largest absolute Gasteiger partial charge is 0.465 e. The average molecular weight is 328 g/mol. The van der Waals surface area contributed by atoms with Gasteiger partial charge >= 0.3 is 6.09 Å². The number of hydrogen-bond donors (Lipinski definition) is 1. The number of carbonyl (C=O) groups is 1. The molecule has 1 heterocycles. The van der Waals surface area contributed by atoms with E-state index in [1.807, 2.05) is 6.07 Å². The number of rotatable bonds is 2. The molecule has 3 rings (SSSR count). The summed E-state index contributed by atoms with van der Waals surface area (Å²) in [5.74, 6) is 0.344. The highest BCUT2D eigenvalue weighted by Crippen LogP contribution is 2.65. The van der Waals surface area contributed by atoms with E-state index in [1.165, 1.54) is 11.0 Å². The Bertz CT molecular complexity index is 536. The molecule has 2 atom stereocenters. The highest BCUT2D eigenvalue weighted by atomic mass is 79.9. The van der Waals surface area contributed by atoms with Crippen LogP contribution in [-0.2, 0) is 5.41 Å². The van der Waals surface area contributed by atoms with Crippen LogP contribution in [0.15, 0.2) is 22.7 Å². The first-order valence-electron chi connectivity index (χ1n) is 6.44. The van der Waals surface area contributed by atoms with E-state index < -0.39 is 6.09 Å². The van der Waals surface area contributed by atoms with Gasteiger partial charge in [-0.1, -0.05) is 22.9 Å². The molecule has 1 amide bonds. The maximum absolute atomic E-state index is 14.1. The molecular weight excluding hydrogens is 313 g/mol. The molecule has 1 saturated carbocycles. The first-order valence-corrected chi connectivity index (χ1v) is 7.23. The first kappa shape index (κ1) is 12.9. The summed E-state index contributed by atoms with van der Waals surface area (Å²) in [4.78, 5) is 12.4. The lowest BCUT2D eigenvalue weighted by atomic mass is 9.87. The SMILES string of the molecule is CCC1(c2cc(Br)ccc2F)C2CN(C(=O)O)CC21. The number of fused-ring (bicyclic) bond motifs is 1. The summed E-state index contributed by atoms with van der Waals surface area (Å²) in [7, 11) is 0. The Morgan fingerprint density at radius 2 is 2.16 bits per heavy atom. The number of piperidine rings is 1. The van der Waals surface area contributed by atoms with Crippen LogP contribution in [0, 0.1) is 17.7 Å². The van der Waals surface area contributed by atoms with Gasteiger partial charge in [0.1, 0.15) is 5.82 Å². The van der Waals surface area contributed by atoms with E-state index in [9.17, 15) is 9.18 Å². The number of hydrogen-bond acceptors (Lipinski definition) is 1. The zero-order valence-corrected chi connectivity index (χ0v) is 12.2. The molecule has 0 aromatic heterocycles. The molecule has 2 unspecified atom stereocenters. The molecule has 0 radical (unpaired) electrons. The zero-order chi connectivity index (χ0) is 13.8. The Morgan fingerprint density at radius 3 is 2.68 bits per heavy atom. The van der Waals surface area contributed by atoms with Gasteiger partial charge in [0.15, 0.2) is 0 Å². The van der Waals surface area contributed by atoms with Crippen LogP contribution >= 0.6 is 15.9 Å². The first-order chi connectivity index (χ1) is 9.00. The molecule has 5 heteroatoms. The Balaban J connectivity index is 1.93. The molecule has 2 fully saturated rings. The fraction of sp³-hybridized carbons (Fsp3) is 0.500. The Kier molecular flexibility index (Phi) is 2.85. The van der Waals surface area contributed by atoms with Crippen LogP contribution in [0.2, 0.25) is 0 Å². The van der Waals surface area contributed by atoms with Gasteiger partial charge in [0, 0.05) is 23.0 Å². The van der Waals surface area contributed by atoms with Crippen LogP contribution in [0.4, 0.5) is 9.18 Å². The number of likely N-dealkylation sites (tertiary alicyclic amines) is 1. The van der Waals surface area contributed by atoms with Gasteiger partial charge in [-0.05, 0) is 42.0 Å². The van der Waals surface area contributed by atoms with Gasteiger partial charge in [-0.15, -0.1) is 0 Å². The van der Waals surface area contributed by atoms with E-state index in [0.29, 0.717) is 13.1 Å². The Labute approximate surface area is 119 Å². The monoisotopic (exact) mass is 327 g/mol. The second kappa shape index (κ2) is 4.20. The van der Waals surface area contributed by atoms with Crippen molar-refractivity contribution in [2.24, 2.45) is 11.8 Å². The van der Waals surface area contributed by atoms with E-state index in [1.54, 1.807) is 6.07 Å². The number of halogens is 2. The van der Waals surface area contributed by atoms with E-state index in [0.717, 1.165) is 16.5 Å². The van der Waals surface area contributed by atoms with Crippen LogP contribution in [0.3, 0.4) is 0 Å². The molecule has 1 aliphatic carbocycles. The normalized spacial score (nSPS) is 32.3. The van der Waals surface area contributed by atoms with E-state index >= 15 is 0 Å². The third-order valence-corrected chi connectivity index (χ3v) is 5.31. The minimum absolute atomic E-state index is 0.167. The van der Waals surface area contributed by atoms with Gasteiger partial charge in [0.25, 0.3) is 0 Å². The van der Waals surface area contributed by atoms with Gasteiger partial charge in [-0.25, -0.2) is 9.18 Å². The number of amides is 1. The molecule has 1 saturated heterocycles. The Morgan fingerprint density at radius 1 is 1.53 bits per heavy atom. The molecule has 1 aliphatic heterocycles. The molecular formula is C14H15BrFNO2. The molecule has 19 heavy (non-hydrogen) atoms. The fourth-order valence-corrected chi connectivity index (χ4v) is 4.22. The molecule has 0 bridgehead atoms. The highest BCUT2D eigenvalue weighted by Gasteiger charge is 2.68. The number of nitrogens with zero attached hydrogens (tertiary/aromatic N) is 1. The fourth-order valence-electron chi connectivity index (χ4n) is 3.86. The summed E-state index contributed by atoms with van der Waals surface area (Å²) in [5.41, 5.74) is 0.573. The van der Waals surface area contributed by atoms with Crippen LogP contribution in [0.1, 0.15) is 18.9 Å². The zero-order valence-electron chi connectivity index (χ0n) is 10.6. The molecule has 1 N–H and O–H groups in total. The van der Waals surface area contributed by atoms with Crippen molar-refractivity contribution in [1.29, 1.82) is 0 Å². The van der Waals surface area contributed by atoms with Gasteiger partial charge in [-0.2, -0.15) is 0 Å². The average Bonchev–Trinajstić information content (AvgIpc) is 2.76. The number of benzene rings is 1. The van der Waals surface area contributed by atoms with Gasteiger partial charge in [0.2, 0.25) is 0 Å². The van der Waals surface area contributed by atoms with E-state index in [-0.39, 0.29) is 23.1 Å². The number of carboxylic acid groups (broad SMARTS) is 1.